The maximum absolute atomic E-state index is 5.93. The third kappa shape index (κ3) is 3.76. The van der Waals surface area contributed by atoms with Crippen molar-refractivity contribution in [2.24, 2.45) is 22.6 Å². The first-order valence-corrected chi connectivity index (χ1v) is 6.71. The van der Waals surface area contributed by atoms with Crippen molar-refractivity contribution in [3.05, 3.63) is 29.8 Å². The Balaban J connectivity index is 1.87. The Bertz CT molecular complexity index is 437. The second kappa shape index (κ2) is 5.42. The molecule has 0 amide bonds. The van der Waals surface area contributed by atoms with Gasteiger partial charge in [-0.25, -0.2) is 4.99 Å². The Kier molecular flexibility index (Phi) is 3.90. The molecule has 3 N–H and O–H groups in total. The molecule has 1 aromatic carbocycles. The van der Waals surface area contributed by atoms with Gasteiger partial charge in [-0.2, -0.15) is 0 Å². The molecule has 1 aromatic rings. The van der Waals surface area contributed by atoms with Crippen molar-refractivity contribution in [2.45, 2.75) is 39.7 Å². The molecule has 1 fully saturated rings. The Morgan fingerprint density at radius 2 is 2.28 bits per heavy atom. The van der Waals surface area contributed by atoms with Crippen molar-refractivity contribution < 1.29 is 0 Å². The minimum absolute atomic E-state index is 0.435. The van der Waals surface area contributed by atoms with Gasteiger partial charge in [-0.3, -0.25) is 0 Å². The third-order valence-corrected chi connectivity index (χ3v) is 3.25. The van der Waals surface area contributed by atoms with Crippen LogP contribution in [0.5, 0.6) is 0 Å². The molecule has 1 saturated carbocycles. The number of aliphatic imine (C=N–C) groups is 1. The lowest BCUT2D eigenvalue weighted by atomic mass is 10.1. The first kappa shape index (κ1) is 12.9. The molecule has 0 aromatic heterocycles. The van der Waals surface area contributed by atoms with Crippen molar-refractivity contribution in [3.63, 3.8) is 0 Å². The molecule has 2 atom stereocenters. The van der Waals surface area contributed by atoms with Crippen LogP contribution in [-0.4, -0.2) is 12.0 Å². The van der Waals surface area contributed by atoms with E-state index in [-0.39, 0.29) is 0 Å². The molecule has 3 heteroatoms. The topological polar surface area (TPSA) is 50.4 Å². The average Bonchev–Trinajstić information content (AvgIpc) is 2.94. The van der Waals surface area contributed by atoms with E-state index in [1.807, 2.05) is 12.1 Å². The largest absolute Gasteiger partial charge is 0.370 e. The Labute approximate surface area is 109 Å². The van der Waals surface area contributed by atoms with Crippen LogP contribution in [0.25, 0.3) is 0 Å². The number of guanidine groups is 1. The Morgan fingerprint density at radius 1 is 1.50 bits per heavy atom. The van der Waals surface area contributed by atoms with Gasteiger partial charge in [-0.15, -0.1) is 0 Å². The highest BCUT2D eigenvalue weighted by atomic mass is 15.1. The van der Waals surface area contributed by atoms with E-state index in [1.165, 1.54) is 18.4 Å². The van der Waals surface area contributed by atoms with Crippen LogP contribution in [0.3, 0.4) is 0 Å². The maximum atomic E-state index is 5.93. The lowest BCUT2D eigenvalue weighted by Crippen LogP contribution is -2.23. The van der Waals surface area contributed by atoms with Crippen LogP contribution in [0, 0.1) is 18.8 Å². The van der Waals surface area contributed by atoms with Crippen LogP contribution < -0.4 is 11.1 Å². The summed E-state index contributed by atoms with van der Waals surface area (Å²) in [6, 6.07) is 8.60. The zero-order valence-corrected chi connectivity index (χ0v) is 11.5. The molecular weight excluding hydrogens is 222 g/mol. The van der Waals surface area contributed by atoms with Gasteiger partial charge in [-0.05, 0) is 49.3 Å². The number of rotatable bonds is 4. The molecule has 2 rings (SSSR count). The van der Waals surface area contributed by atoms with Crippen LogP contribution in [0.15, 0.2) is 29.3 Å². The number of benzene rings is 1. The minimum Gasteiger partial charge on any atom is -0.370 e. The number of nitrogens with two attached hydrogens (primary N) is 1. The highest BCUT2D eigenvalue weighted by Crippen LogP contribution is 2.38. The molecule has 1 aliphatic rings. The molecule has 98 valence electrons. The molecule has 0 unspecified atom stereocenters. The Morgan fingerprint density at radius 3 is 2.94 bits per heavy atom. The molecule has 1 aliphatic carbocycles. The summed E-state index contributed by atoms with van der Waals surface area (Å²) in [5, 5.41) is 3.16. The predicted molar refractivity (Wildman–Crippen MR) is 77.8 cm³/mol. The SMILES string of the molecule is Cc1cccc(NC(N)=N[C@@H]2C[C@H]2CC(C)C)c1. The van der Waals surface area contributed by atoms with Crippen molar-refractivity contribution in [1.82, 2.24) is 0 Å². The van der Waals surface area contributed by atoms with E-state index in [0.29, 0.717) is 12.0 Å². The first-order chi connectivity index (χ1) is 8.54. The summed E-state index contributed by atoms with van der Waals surface area (Å²) >= 11 is 0. The van der Waals surface area contributed by atoms with Crippen LogP contribution in [0.1, 0.15) is 32.3 Å². The molecule has 18 heavy (non-hydrogen) atoms. The van der Waals surface area contributed by atoms with E-state index in [2.05, 4.69) is 43.2 Å². The smallest absolute Gasteiger partial charge is 0.193 e. The standard InChI is InChI=1S/C15H23N3/c1-10(2)7-12-9-14(12)18-15(16)17-13-6-4-5-11(3)8-13/h4-6,8,10,12,14H,7,9H2,1-3H3,(H3,16,17,18)/t12-,14-/m1/s1. The lowest BCUT2D eigenvalue weighted by molar-refractivity contribution is 0.531. The molecular formula is C15H23N3. The van der Waals surface area contributed by atoms with Crippen molar-refractivity contribution in [1.29, 1.82) is 0 Å². The van der Waals surface area contributed by atoms with Gasteiger partial charge in [0.2, 0.25) is 0 Å². The van der Waals surface area contributed by atoms with Gasteiger partial charge in [0.15, 0.2) is 5.96 Å². The van der Waals surface area contributed by atoms with Gasteiger partial charge in [0.05, 0.1) is 6.04 Å². The minimum atomic E-state index is 0.435. The van der Waals surface area contributed by atoms with Crippen molar-refractivity contribution in [3.8, 4) is 0 Å². The van der Waals surface area contributed by atoms with E-state index in [4.69, 9.17) is 5.73 Å². The number of aryl methyl sites for hydroxylation is 1. The van der Waals surface area contributed by atoms with Crippen LogP contribution in [0.2, 0.25) is 0 Å². The van der Waals surface area contributed by atoms with Gasteiger partial charge >= 0.3 is 0 Å². The fourth-order valence-electron chi connectivity index (χ4n) is 2.33. The highest BCUT2D eigenvalue weighted by molar-refractivity contribution is 5.92. The highest BCUT2D eigenvalue weighted by Gasteiger charge is 2.37. The van der Waals surface area contributed by atoms with Crippen LogP contribution >= 0.6 is 0 Å². The average molecular weight is 245 g/mol. The second-order valence-electron chi connectivity index (χ2n) is 5.70. The number of nitrogens with one attached hydrogen (secondary N) is 1. The Hall–Kier alpha value is -1.51. The van der Waals surface area contributed by atoms with E-state index in [9.17, 15) is 0 Å². The predicted octanol–water partition coefficient (Wildman–Crippen LogP) is 3.16. The summed E-state index contributed by atoms with van der Waals surface area (Å²) in [6.07, 6.45) is 2.44. The van der Waals surface area contributed by atoms with Gasteiger partial charge < -0.3 is 11.1 Å². The molecule has 0 bridgehead atoms. The quantitative estimate of drug-likeness (QED) is 0.632. The zero-order valence-electron chi connectivity index (χ0n) is 11.5. The van der Waals surface area contributed by atoms with Crippen molar-refractivity contribution >= 4 is 11.6 Å². The molecule has 0 aliphatic heterocycles. The van der Waals surface area contributed by atoms with Gasteiger partial charge in [0, 0.05) is 5.69 Å². The molecule has 0 saturated heterocycles. The van der Waals surface area contributed by atoms with Gasteiger partial charge in [-0.1, -0.05) is 26.0 Å². The summed E-state index contributed by atoms with van der Waals surface area (Å²) in [5.74, 6) is 2.03. The summed E-state index contributed by atoms with van der Waals surface area (Å²) in [4.78, 5) is 4.53. The molecule has 3 nitrogen and oxygen atoms in total. The maximum Gasteiger partial charge on any atom is 0.193 e. The van der Waals surface area contributed by atoms with Gasteiger partial charge in [0.1, 0.15) is 0 Å². The number of hydrogen-bond acceptors (Lipinski definition) is 1. The summed E-state index contributed by atoms with van der Waals surface area (Å²) in [5.41, 5.74) is 8.16. The molecule has 0 spiro atoms. The number of hydrogen-bond donors (Lipinski definition) is 2. The van der Waals surface area contributed by atoms with E-state index in [1.54, 1.807) is 0 Å². The van der Waals surface area contributed by atoms with E-state index < -0.39 is 0 Å². The zero-order chi connectivity index (χ0) is 13.1. The van der Waals surface area contributed by atoms with E-state index >= 15 is 0 Å². The van der Waals surface area contributed by atoms with Gasteiger partial charge in [0.25, 0.3) is 0 Å². The normalized spacial score (nSPS) is 23.2. The second-order valence-corrected chi connectivity index (χ2v) is 5.70. The van der Waals surface area contributed by atoms with Crippen LogP contribution in [0.4, 0.5) is 5.69 Å². The lowest BCUT2D eigenvalue weighted by Gasteiger charge is -2.06. The number of anilines is 1. The summed E-state index contributed by atoms with van der Waals surface area (Å²) < 4.78 is 0. The fraction of sp³-hybridized carbons (Fsp3) is 0.533. The first-order valence-electron chi connectivity index (χ1n) is 6.71. The van der Waals surface area contributed by atoms with Crippen LogP contribution in [-0.2, 0) is 0 Å². The van der Waals surface area contributed by atoms with E-state index in [0.717, 1.165) is 17.5 Å². The summed E-state index contributed by atoms with van der Waals surface area (Å²) in [6.45, 7) is 6.58. The monoisotopic (exact) mass is 245 g/mol. The molecule has 0 heterocycles. The fourth-order valence-corrected chi connectivity index (χ4v) is 2.33. The molecule has 0 radical (unpaired) electrons. The van der Waals surface area contributed by atoms with Crippen molar-refractivity contribution in [2.75, 3.05) is 5.32 Å². The summed E-state index contributed by atoms with van der Waals surface area (Å²) in [7, 11) is 0. The third-order valence-electron chi connectivity index (χ3n) is 3.25. The number of nitrogens with zero attached hydrogens (tertiary/aromatic N) is 1.